The zero-order valence-corrected chi connectivity index (χ0v) is 11.8. The van der Waals surface area contributed by atoms with E-state index in [4.69, 9.17) is 4.74 Å². The summed E-state index contributed by atoms with van der Waals surface area (Å²) in [5.41, 5.74) is -0.398. The Labute approximate surface area is 105 Å². The van der Waals surface area contributed by atoms with Gasteiger partial charge in [-0.05, 0) is 54.1 Å². The van der Waals surface area contributed by atoms with Gasteiger partial charge in [-0.2, -0.15) is 0 Å². The quantitative estimate of drug-likeness (QED) is 0.707. The van der Waals surface area contributed by atoms with Crippen molar-refractivity contribution in [2.75, 3.05) is 27.2 Å². The van der Waals surface area contributed by atoms with Crippen LogP contribution in [0.4, 0.5) is 4.79 Å². The van der Waals surface area contributed by atoms with Gasteiger partial charge >= 0.3 is 6.09 Å². The average Bonchev–Trinajstić information content (AvgIpc) is 2.39. The van der Waals surface area contributed by atoms with Crippen LogP contribution in [0, 0.1) is 0 Å². The second kappa shape index (κ2) is 5.71. The fraction of sp³-hybridized carbons (Fsp3) is 0.923. The molecule has 0 spiro atoms. The topological polar surface area (TPSA) is 32.8 Å². The molecule has 100 valence electrons. The lowest BCUT2D eigenvalue weighted by Crippen LogP contribution is -2.38. The molecule has 4 heteroatoms. The lowest BCUT2D eigenvalue weighted by molar-refractivity contribution is 0.0254. The molecule has 0 saturated carbocycles. The van der Waals surface area contributed by atoms with E-state index in [-0.39, 0.29) is 6.09 Å². The molecule has 4 nitrogen and oxygen atoms in total. The molecule has 1 rings (SSSR count). The smallest absolute Gasteiger partial charge is 0.410 e. The van der Waals surface area contributed by atoms with Crippen molar-refractivity contribution in [2.24, 2.45) is 0 Å². The Bertz CT molecular complexity index is 259. The van der Waals surface area contributed by atoms with Crippen molar-refractivity contribution in [3.63, 3.8) is 0 Å². The SMILES string of the molecule is CN(C)[C@@H]1CCCN(C(=O)OC(C)(C)C)CC1. The van der Waals surface area contributed by atoms with E-state index in [9.17, 15) is 4.79 Å². The maximum Gasteiger partial charge on any atom is 0.410 e. The highest BCUT2D eigenvalue weighted by atomic mass is 16.6. The van der Waals surface area contributed by atoms with Crippen molar-refractivity contribution < 1.29 is 9.53 Å². The Morgan fingerprint density at radius 3 is 2.41 bits per heavy atom. The van der Waals surface area contributed by atoms with Crippen molar-refractivity contribution in [1.82, 2.24) is 9.80 Å². The van der Waals surface area contributed by atoms with Crippen LogP contribution in [-0.2, 0) is 4.74 Å². The highest BCUT2D eigenvalue weighted by molar-refractivity contribution is 5.68. The van der Waals surface area contributed by atoms with Crippen molar-refractivity contribution in [1.29, 1.82) is 0 Å². The van der Waals surface area contributed by atoms with Gasteiger partial charge in [-0.25, -0.2) is 4.79 Å². The minimum atomic E-state index is -0.398. The number of ether oxygens (including phenoxy) is 1. The lowest BCUT2D eigenvalue weighted by Gasteiger charge is -2.27. The number of rotatable bonds is 1. The molecule has 0 unspecified atom stereocenters. The molecular formula is C13H26N2O2. The summed E-state index contributed by atoms with van der Waals surface area (Å²) in [6.45, 7) is 7.35. The maximum atomic E-state index is 11.9. The van der Waals surface area contributed by atoms with E-state index in [1.165, 1.54) is 0 Å². The van der Waals surface area contributed by atoms with Gasteiger partial charge in [0.05, 0.1) is 0 Å². The Morgan fingerprint density at radius 2 is 1.88 bits per heavy atom. The summed E-state index contributed by atoms with van der Waals surface area (Å²) in [7, 11) is 4.21. The highest BCUT2D eigenvalue weighted by Crippen LogP contribution is 2.17. The van der Waals surface area contributed by atoms with Gasteiger partial charge in [0.1, 0.15) is 5.60 Å². The molecule has 0 aromatic carbocycles. The summed E-state index contributed by atoms with van der Waals surface area (Å²) in [5.74, 6) is 0. The monoisotopic (exact) mass is 242 g/mol. The molecule has 0 aromatic rings. The standard InChI is InChI=1S/C13H26N2O2/c1-13(2,3)17-12(16)15-9-6-7-11(8-10-15)14(4)5/h11H,6-10H2,1-5H3/t11-/m1/s1. The Balaban J connectivity index is 2.48. The maximum absolute atomic E-state index is 11.9. The van der Waals surface area contributed by atoms with Gasteiger partial charge in [0, 0.05) is 19.1 Å². The fourth-order valence-corrected chi connectivity index (χ4v) is 2.10. The summed E-state index contributed by atoms with van der Waals surface area (Å²) >= 11 is 0. The van der Waals surface area contributed by atoms with Gasteiger partial charge in [-0.15, -0.1) is 0 Å². The third-order valence-electron chi connectivity index (χ3n) is 3.08. The molecule has 1 saturated heterocycles. The second-order valence-corrected chi connectivity index (χ2v) is 6.02. The molecule has 1 aliphatic heterocycles. The van der Waals surface area contributed by atoms with Crippen molar-refractivity contribution in [3.8, 4) is 0 Å². The number of amides is 1. The first-order chi connectivity index (χ1) is 7.79. The van der Waals surface area contributed by atoms with E-state index in [0.717, 1.165) is 32.4 Å². The van der Waals surface area contributed by atoms with E-state index in [1.807, 2.05) is 25.7 Å². The highest BCUT2D eigenvalue weighted by Gasteiger charge is 2.25. The van der Waals surface area contributed by atoms with E-state index in [1.54, 1.807) is 0 Å². The van der Waals surface area contributed by atoms with Crippen molar-refractivity contribution in [2.45, 2.75) is 51.7 Å². The van der Waals surface area contributed by atoms with Crippen LogP contribution in [0.1, 0.15) is 40.0 Å². The Kier molecular flexibility index (Phi) is 4.80. The van der Waals surface area contributed by atoms with Gasteiger partial charge in [-0.3, -0.25) is 0 Å². The molecule has 1 amide bonds. The predicted molar refractivity (Wildman–Crippen MR) is 69.1 cm³/mol. The molecule has 1 atom stereocenters. The van der Waals surface area contributed by atoms with Gasteiger partial charge in [0.15, 0.2) is 0 Å². The zero-order valence-electron chi connectivity index (χ0n) is 11.8. The van der Waals surface area contributed by atoms with Gasteiger partial charge < -0.3 is 14.5 Å². The average molecular weight is 242 g/mol. The van der Waals surface area contributed by atoms with Crippen molar-refractivity contribution >= 4 is 6.09 Å². The van der Waals surface area contributed by atoms with Crippen LogP contribution < -0.4 is 0 Å². The van der Waals surface area contributed by atoms with E-state index < -0.39 is 5.60 Å². The van der Waals surface area contributed by atoms with Crippen LogP contribution in [0.15, 0.2) is 0 Å². The number of carbonyl (C=O) groups excluding carboxylic acids is 1. The van der Waals surface area contributed by atoms with Crippen LogP contribution in [-0.4, -0.2) is 54.7 Å². The normalized spacial score (nSPS) is 22.5. The van der Waals surface area contributed by atoms with Gasteiger partial charge in [0.2, 0.25) is 0 Å². The number of hydrogen-bond acceptors (Lipinski definition) is 3. The first-order valence-electron chi connectivity index (χ1n) is 6.44. The summed E-state index contributed by atoms with van der Waals surface area (Å²) in [6.07, 6.45) is 3.08. The summed E-state index contributed by atoms with van der Waals surface area (Å²) < 4.78 is 5.40. The zero-order chi connectivity index (χ0) is 13.1. The third-order valence-corrected chi connectivity index (χ3v) is 3.08. The molecule has 1 fully saturated rings. The molecule has 1 heterocycles. The molecule has 0 aliphatic carbocycles. The lowest BCUT2D eigenvalue weighted by atomic mass is 10.1. The molecule has 17 heavy (non-hydrogen) atoms. The van der Waals surface area contributed by atoms with Gasteiger partial charge in [0.25, 0.3) is 0 Å². The van der Waals surface area contributed by atoms with E-state index in [0.29, 0.717) is 6.04 Å². The molecule has 1 aliphatic rings. The first kappa shape index (κ1) is 14.3. The number of nitrogens with zero attached hydrogens (tertiary/aromatic N) is 2. The molecule has 0 radical (unpaired) electrons. The third kappa shape index (κ3) is 4.94. The van der Waals surface area contributed by atoms with E-state index >= 15 is 0 Å². The predicted octanol–water partition coefficient (Wildman–Crippen LogP) is 2.34. The Hall–Kier alpha value is -0.770. The summed E-state index contributed by atoms with van der Waals surface area (Å²) in [6, 6.07) is 0.586. The Morgan fingerprint density at radius 1 is 1.24 bits per heavy atom. The largest absolute Gasteiger partial charge is 0.444 e. The fourth-order valence-electron chi connectivity index (χ4n) is 2.10. The molecular weight excluding hydrogens is 216 g/mol. The molecule has 0 bridgehead atoms. The summed E-state index contributed by atoms with van der Waals surface area (Å²) in [5, 5.41) is 0. The number of hydrogen-bond donors (Lipinski definition) is 0. The molecule has 0 N–H and O–H groups in total. The minimum absolute atomic E-state index is 0.170. The number of carbonyl (C=O) groups is 1. The number of likely N-dealkylation sites (tertiary alicyclic amines) is 1. The van der Waals surface area contributed by atoms with Crippen LogP contribution in [0.2, 0.25) is 0 Å². The van der Waals surface area contributed by atoms with Gasteiger partial charge in [-0.1, -0.05) is 0 Å². The van der Waals surface area contributed by atoms with Crippen LogP contribution in [0.25, 0.3) is 0 Å². The van der Waals surface area contributed by atoms with Crippen molar-refractivity contribution in [3.05, 3.63) is 0 Å². The van der Waals surface area contributed by atoms with E-state index in [2.05, 4.69) is 19.0 Å². The molecule has 0 aromatic heterocycles. The van der Waals surface area contributed by atoms with Crippen LogP contribution >= 0.6 is 0 Å². The summed E-state index contributed by atoms with van der Waals surface area (Å²) in [4.78, 5) is 16.0. The minimum Gasteiger partial charge on any atom is -0.444 e. The van der Waals surface area contributed by atoms with Crippen LogP contribution in [0.3, 0.4) is 0 Å². The first-order valence-corrected chi connectivity index (χ1v) is 6.44. The second-order valence-electron chi connectivity index (χ2n) is 6.02. The van der Waals surface area contributed by atoms with Crippen LogP contribution in [0.5, 0.6) is 0 Å².